The number of sulfonamides is 1. The van der Waals surface area contributed by atoms with Crippen molar-refractivity contribution >= 4 is 27.5 Å². The van der Waals surface area contributed by atoms with Gasteiger partial charge in [0.1, 0.15) is 0 Å². The molecule has 2 fully saturated rings. The zero-order valence-corrected chi connectivity index (χ0v) is 18.3. The van der Waals surface area contributed by atoms with E-state index in [1.54, 1.807) is 53.4 Å². The minimum absolute atomic E-state index is 0.0248. The van der Waals surface area contributed by atoms with E-state index in [-0.39, 0.29) is 22.6 Å². The first-order chi connectivity index (χ1) is 14.8. The molecule has 0 bridgehead atoms. The molecular formula is C23H27N3O4S. The molecule has 1 heterocycles. The van der Waals surface area contributed by atoms with Crippen LogP contribution in [-0.4, -0.2) is 44.3 Å². The van der Waals surface area contributed by atoms with Crippen LogP contribution in [0, 0.1) is 12.8 Å². The number of carbonyl (C=O) groups is 2. The van der Waals surface area contributed by atoms with Crippen LogP contribution < -0.4 is 10.0 Å². The average Bonchev–Trinajstić information content (AvgIpc) is 3.58. The largest absolute Gasteiger partial charge is 0.353 e. The van der Waals surface area contributed by atoms with Crippen molar-refractivity contribution in [3.05, 3.63) is 59.7 Å². The van der Waals surface area contributed by atoms with E-state index in [4.69, 9.17) is 0 Å². The monoisotopic (exact) mass is 441 g/mol. The van der Waals surface area contributed by atoms with Crippen molar-refractivity contribution in [2.24, 2.45) is 5.92 Å². The first-order valence-electron chi connectivity index (χ1n) is 10.6. The molecule has 1 aliphatic heterocycles. The summed E-state index contributed by atoms with van der Waals surface area (Å²) >= 11 is 0. The summed E-state index contributed by atoms with van der Waals surface area (Å²) < 4.78 is 27.6. The molecule has 2 amide bonds. The highest BCUT2D eigenvalue weighted by Gasteiger charge is 2.31. The maximum absolute atomic E-state index is 12.8. The lowest BCUT2D eigenvalue weighted by molar-refractivity contribution is -0.126. The van der Waals surface area contributed by atoms with Gasteiger partial charge in [0.15, 0.2) is 0 Å². The minimum Gasteiger partial charge on any atom is -0.353 e. The van der Waals surface area contributed by atoms with Crippen molar-refractivity contribution in [2.75, 3.05) is 17.8 Å². The Morgan fingerprint density at radius 2 is 1.52 bits per heavy atom. The summed E-state index contributed by atoms with van der Waals surface area (Å²) in [5, 5.41) is 3.04. The topological polar surface area (TPSA) is 95.6 Å². The Balaban J connectivity index is 1.34. The predicted octanol–water partition coefficient (Wildman–Crippen LogP) is 2.93. The molecule has 1 saturated heterocycles. The maximum atomic E-state index is 12.8. The van der Waals surface area contributed by atoms with E-state index in [1.807, 2.05) is 6.92 Å². The molecule has 31 heavy (non-hydrogen) atoms. The summed E-state index contributed by atoms with van der Waals surface area (Å²) in [6, 6.07) is 13.4. The SMILES string of the molecule is Cc1ccc(S(=O)(=O)Nc2ccc(C(=O)N3CCC(C(=O)NC4CC4)CC3)cc2)cc1. The number of aryl methyl sites for hydroxylation is 1. The quantitative estimate of drug-likeness (QED) is 0.721. The number of likely N-dealkylation sites (tertiary alicyclic amines) is 1. The molecule has 164 valence electrons. The van der Waals surface area contributed by atoms with Crippen LogP contribution in [0.4, 0.5) is 5.69 Å². The van der Waals surface area contributed by atoms with Gasteiger partial charge in [0, 0.05) is 36.3 Å². The number of nitrogens with zero attached hydrogens (tertiary/aromatic N) is 1. The molecule has 0 radical (unpaired) electrons. The van der Waals surface area contributed by atoms with Crippen LogP contribution in [0.2, 0.25) is 0 Å². The molecule has 0 spiro atoms. The average molecular weight is 442 g/mol. The first-order valence-corrected chi connectivity index (χ1v) is 12.1. The molecule has 1 saturated carbocycles. The lowest BCUT2D eigenvalue weighted by Crippen LogP contribution is -2.43. The second kappa shape index (κ2) is 8.70. The third-order valence-electron chi connectivity index (χ3n) is 5.79. The molecule has 8 heteroatoms. The Morgan fingerprint density at radius 3 is 2.10 bits per heavy atom. The Kier molecular flexibility index (Phi) is 6.00. The van der Waals surface area contributed by atoms with Crippen LogP contribution in [-0.2, 0) is 14.8 Å². The number of hydrogen-bond acceptors (Lipinski definition) is 4. The fourth-order valence-corrected chi connectivity index (χ4v) is 4.75. The Bertz CT molecular complexity index is 1050. The fraction of sp³-hybridized carbons (Fsp3) is 0.391. The highest BCUT2D eigenvalue weighted by atomic mass is 32.2. The molecule has 2 N–H and O–H groups in total. The van der Waals surface area contributed by atoms with E-state index in [9.17, 15) is 18.0 Å². The minimum atomic E-state index is -3.69. The summed E-state index contributed by atoms with van der Waals surface area (Å²) in [6.45, 7) is 2.98. The van der Waals surface area contributed by atoms with Crippen molar-refractivity contribution in [3.63, 3.8) is 0 Å². The lowest BCUT2D eigenvalue weighted by atomic mass is 9.95. The zero-order chi connectivity index (χ0) is 22.0. The molecule has 2 aromatic carbocycles. The van der Waals surface area contributed by atoms with Gasteiger partial charge in [0.2, 0.25) is 5.91 Å². The molecule has 4 rings (SSSR count). The summed E-state index contributed by atoms with van der Waals surface area (Å²) in [6.07, 6.45) is 3.47. The van der Waals surface area contributed by atoms with Gasteiger partial charge in [0.05, 0.1) is 4.90 Å². The van der Waals surface area contributed by atoms with Crippen molar-refractivity contribution in [1.29, 1.82) is 0 Å². The molecule has 2 aromatic rings. The van der Waals surface area contributed by atoms with E-state index in [0.717, 1.165) is 18.4 Å². The van der Waals surface area contributed by atoms with Gasteiger partial charge in [-0.05, 0) is 69.0 Å². The Hall–Kier alpha value is -2.87. The van der Waals surface area contributed by atoms with Crippen molar-refractivity contribution in [2.45, 2.75) is 43.5 Å². The summed E-state index contributed by atoms with van der Waals surface area (Å²) in [7, 11) is -3.69. The van der Waals surface area contributed by atoms with Crippen LogP contribution >= 0.6 is 0 Å². The van der Waals surface area contributed by atoms with Gasteiger partial charge in [-0.15, -0.1) is 0 Å². The van der Waals surface area contributed by atoms with Gasteiger partial charge in [-0.1, -0.05) is 17.7 Å². The highest BCUT2D eigenvalue weighted by molar-refractivity contribution is 7.92. The summed E-state index contributed by atoms with van der Waals surface area (Å²) in [5.41, 5.74) is 1.88. The number of nitrogens with one attached hydrogen (secondary N) is 2. The van der Waals surface area contributed by atoms with Crippen LogP contribution in [0.3, 0.4) is 0 Å². The number of carbonyl (C=O) groups excluding carboxylic acids is 2. The maximum Gasteiger partial charge on any atom is 0.261 e. The fourth-order valence-electron chi connectivity index (χ4n) is 3.69. The van der Waals surface area contributed by atoms with Gasteiger partial charge in [-0.3, -0.25) is 14.3 Å². The normalized spacial score (nSPS) is 17.3. The first kappa shape index (κ1) is 21.4. The van der Waals surface area contributed by atoms with E-state index in [0.29, 0.717) is 43.2 Å². The van der Waals surface area contributed by atoms with Gasteiger partial charge in [-0.25, -0.2) is 8.42 Å². The number of hydrogen-bond donors (Lipinski definition) is 2. The van der Waals surface area contributed by atoms with Gasteiger partial charge in [0.25, 0.3) is 15.9 Å². The van der Waals surface area contributed by atoms with Crippen LogP contribution in [0.1, 0.15) is 41.6 Å². The number of piperidine rings is 1. The molecule has 0 aromatic heterocycles. The number of rotatable bonds is 6. The van der Waals surface area contributed by atoms with Gasteiger partial charge < -0.3 is 10.2 Å². The van der Waals surface area contributed by atoms with Gasteiger partial charge >= 0.3 is 0 Å². The van der Waals surface area contributed by atoms with Crippen LogP contribution in [0.5, 0.6) is 0 Å². The number of amides is 2. The van der Waals surface area contributed by atoms with Crippen LogP contribution in [0.15, 0.2) is 53.4 Å². The van der Waals surface area contributed by atoms with E-state index in [2.05, 4.69) is 10.0 Å². The summed E-state index contributed by atoms with van der Waals surface area (Å²) in [4.78, 5) is 26.9. The Labute approximate surface area is 182 Å². The predicted molar refractivity (Wildman–Crippen MR) is 118 cm³/mol. The van der Waals surface area contributed by atoms with Crippen molar-refractivity contribution in [1.82, 2.24) is 10.2 Å². The van der Waals surface area contributed by atoms with E-state index < -0.39 is 10.0 Å². The Morgan fingerprint density at radius 1 is 0.903 bits per heavy atom. The van der Waals surface area contributed by atoms with E-state index in [1.165, 1.54) is 0 Å². The summed E-state index contributed by atoms with van der Waals surface area (Å²) in [5.74, 6) is -0.0167. The second-order valence-electron chi connectivity index (χ2n) is 8.35. The zero-order valence-electron chi connectivity index (χ0n) is 17.5. The molecule has 7 nitrogen and oxygen atoms in total. The molecule has 2 aliphatic rings. The molecule has 1 aliphatic carbocycles. The molecular weight excluding hydrogens is 414 g/mol. The highest BCUT2D eigenvalue weighted by Crippen LogP contribution is 2.24. The van der Waals surface area contributed by atoms with E-state index >= 15 is 0 Å². The van der Waals surface area contributed by atoms with Crippen LogP contribution in [0.25, 0.3) is 0 Å². The van der Waals surface area contributed by atoms with Gasteiger partial charge in [-0.2, -0.15) is 0 Å². The second-order valence-corrected chi connectivity index (χ2v) is 10.0. The molecule has 0 unspecified atom stereocenters. The van der Waals surface area contributed by atoms with Crippen molar-refractivity contribution in [3.8, 4) is 0 Å². The third-order valence-corrected chi connectivity index (χ3v) is 7.19. The third kappa shape index (κ3) is 5.25. The smallest absolute Gasteiger partial charge is 0.261 e. The van der Waals surface area contributed by atoms with Crippen molar-refractivity contribution < 1.29 is 18.0 Å². The number of benzene rings is 2. The molecule has 0 atom stereocenters. The number of anilines is 1. The lowest BCUT2D eigenvalue weighted by Gasteiger charge is -2.31. The standard InChI is InChI=1S/C23H27N3O4S/c1-16-2-10-21(11-3-16)31(29,30)25-20-6-4-18(5-7-20)23(28)26-14-12-17(13-15-26)22(27)24-19-8-9-19/h2-7,10-11,17,19,25H,8-9,12-15H2,1H3,(H,24,27).